The number of aromatic carboxylic acids is 1. The van der Waals surface area contributed by atoms with Crippen molar-refractivity contribution in [2.45, 2.75) is 0 Å². The maximum atomic E-state index is 11.1. The molecule has 18 heavy (non-hydrogen) atoms. The lowest BCUT2D eigenvalue weighted by molar-refractivity contribution is -0.133. The Morgan fingerprint density at radius 1 is 1.33 bits per heavy atom. The van der Waals surface area contributed by atoms with Crippen molar-refractivity contribution < 1.29 is 19.4 Å². The smallest absolute Gasteiger partial charge is 0.384 e. The van der Waals surface area contributed by atoms with E-state index in [1.54, 1.807) is 24.3 Å². The maximum Gasteiger partial charge on any atom is 0.384 e. The maximum absolute atomic E-state index is 11.1. The Morgan fingerprint density at radius 3 is 2.72 bits per heavy atom. The van der Waals surface area contributed by atoms with Crippen LogP contribution in [-0.2, 0) is 9.53 Å². The molecule has 0 bridgehead atoms. The van der Waals surface area contributed by atoms with E-state index in [2.05, 4.69) is 21.6 Å². The van der Waals surface area contributed by atoms with Crippen LogP contribution in [0.4, 0.5) is 0 Å². The summed E-state index contributed by atoms with van der Waals surface area (Å²) in [5.74, 6) is 2.92. The summed E-state index contributed by atoms with van der Waals surface area (Å²) in [4.78, 5) is 24.8. The average Bonchev–Trinajstić information content (AvgIpc) is 2.75. The second-order valence-corrected chi connectivity index (χ2v) is 3.47. The molecule has 2 aromatic rings. The van der Waals surface area contributed by atoms with Gasteiger partial charge in [0, 0.05) is 16.8 Å². The molecule has 0 aliphatic heterocycles. The van der Waals surface area contributed by atoms with Gasteiger partial charge in [-0.2, -0.15) is 0 Å². The molecule has 0 aliphatic rings. The van der Waals surface area contributed by atoms with Crippen LogP contribution in [-0.4, -0.2) is 29.1 Å². The summed E-state index contributed by atoms with van der Waals surface area (Å²) in [6, 6.07) is 7.03. The number of hydrogen-bond donors (Lipinski definition) is 2. The fourth-order valence-corrected chi connectivity index (χ4v) is 1.60. The highest BCUT2D eigenvalue weighted by molar-refractivity contribution is 6.01. The van der Waals surface area contributed by atoms with Crippen molar-refractivity contribution in [2.75, 3.05) is 7.11 Å². The molecule has 2 rings (SSSR count). The molecule has 0 saturated carbocycles. The van der Waals surface area contributed by atoms with Crippen LogP contribution in [0.2, 0.25) is 0 Å². The first kappa shape index (κ1) is 11.7. The van der Waals surface area contributed by atoms with Gasteiger partial charge in [-0.3, -0.25) is 0 Å². The van der Waals surface area contributed by atoms with E-state index in [0.717, 1.165) is 0 Å². The van der Waals surface area contributed by atoms with Gasteiger partial charge in [-0.15, -0.1) is 0 Å². The van der Waals surface area contributed by atoms with E-state index in [1.807, 2.05) is 0 Å². The van der Waals surface area contributed by atoms with Gasteiger partial charge < -0.3 is 14.8 Å². The summed E-state index contributed by atoms with van der Waals surface area (Å²) < 4.78 is 4.39. The number of esters is 1. The van der Waals surface area contributed by atoms with Crippen LogP contribution in [0.1, 0.15) is 16.1 Å². The number of hydrogen-bond acceptors (Lipinski definition) is 3. The third-order valence-corrected chi connectivity index (χ3v) is 2.39. The Kier molecular flexibility index (Phi) is 3.02. The highest BCUT2D eigenvalue weighted by Crippen LogP contribution is 2.21. The molecule has 0 aliphatic carbocycles. The third kappa shape index (κ3) is 2.04. The fourth-order valence-electron chi connectivity index (χ4n) is 1.60. The number of rotatable bonds is 1. The number of carbonyl (C=O) groups excluding carboxylic acids is 1. The minimum absolute atomic E-state index is 0.0346. The third-order valence-electron chi connectivity index (χ3n) is 2.39. The number of para-hydroxylation sites is 1. The van der Waals surface area contributed by atoms with E-state index in [4.69, 9.17) is 5.11 Å². The summed E-state index contributed by atoms with van der Waals surface area (Å²) in [7, 11) is 1.21. The molecular formula is C13H9NO4. The van der Waals surface area contributed by atoms with Crippen molar-refractivity contribution in [3.63, 3.8) is 0 Å². The van der Waals surface area contributed by atoms with Gasteiger partial charge in [0.25, 0.3) is 0 Å². The summed E-state index contributed by atoms with van der Waals surface area (Å²) in [5.41, 5.74) is 0.903. The number of carboxylic acids is 1. The van der Waals surface area contributed by atoms with Crippen LogP contribution >= 0.6 is 0 Å². The number of fused-ring (bicyclic) bond motifs is 1. The van der Waals surface area contributed by atoms with Crippen molar-refractivity contribution in [3.8, 4) is 11.8 Å². The van der Waals surface area contributed by atoms with Crippen LogP contribution in [0.3, 0.4) is 0 Å². The second-order valence-electron chi connectivity index (χ2n) is 3.47. The summed E-state index contributed by atoms with van der Waals surface area (Å²) in [6.45, 7) is 0. The number of ether oxygens (including phenoxy) is 1. The monoisotopic (exact) mass is 243 g/mol. The van der Waals surface area contributed by atoms with Crippen LogP contribution in [0.25, 0.3) is 10.9 Å². The van der Waals surface area contributed by atoms with Crippen molar-refractivity contribution in [1.82, 2.24) is 4.98 Å². The minimum Gasteiger partial charge on any atom is -0.477 e. The van der Waals surface area contributed by atoms with E-state index in [-0.39, 0.29) is 11.3 Å². The average molecular weight is 243 g/mol. The number of carboxylic acid groups (broad SMARTS) is 1. The standard InChI is InChI=1S/C13H9NO4/c1-18-11(15)7-6-9-8-4-2-3-5-10(8)14-12(9)13(16)17/h2-5,14H,1H3,(H,16,17). The van der Waals surface area contributed by atoms with E-state index in [1.165, 1.54) is 7.11 Å². The number of aromatic amines is 1. The van der Waals surface area contributed by atoms with Crippen LogP contribution in [0.5, 0.6) is 0 Å². The SMILES string of the molecule is COC(=O)C#Cc1c(C(=O)O)[nH]c2ccccc12. The molecule has 90 valence electrons. The summed E-state index contributed by atoms with van der Waals surface area (Å²) in [5, 5.41) is 9.73. The first-order valence-electron chi connectivity index (χ1n) is 5.07. The van der Waals surface area contributed by atoms with E-state index < -0.39 is 11.9 Å². The van der Waals surface area contributed by atoms with Crippen molar-refractivity contribution >= 4 is 22.8 Å². The van der Waals surface area contributed by atoms with Crippen LogP contribution < -0.4 is 0 Å². The first-order valence-corrected chi connectivity index (χ1v) is 5.07. The second kappa shape index (κ2) is 4.63. The Bertz CT molecular complexity index is 688. The van der Waals surface area contributed by atoms with E-state index >= 15 is 0 Å². The summed E-state index contributed by atoms with van der Waals surface area (Å²) in [6.07, 6.45) is 0. The Morgan fingerprint density at radius 2 is 2.06 bits per heavy atom. The molecule has 0 atom stereocenters. The topological polar surface area (TPSA) is 79.4 Å². The van der Waals surface area contributed by atoms with Gasteiger partial charge in [0.2, 0.25) is 0 Å². The molecule has 5 heteroatoms. The van der Waals surface area contributed by atoms with Gasteiger partial charge in [0.1, 0.15) is 5.69 Å². The summed E-state index contributed by atoms with van der Waals surface area (Å²) >= 11 is 0. The van der Waals surface area contributed by atoms with Gasteiger partial charge in [-0.05, 0) is 6.07 Å². The molecule has 1 heterocycles. The number of carbonyl (C=O) groups is 2. The number of H-pyrrole nitrogens is 1. The molecule has 0 unspecified atom stereocenters. The van der Waals surface area contributed by atoms with Crippen LogP contribution in [0, 0.1) is 11.8 Å². The molecule has 1 aromatic carbocycles. The predicted molar refractivity (Wildman–Crippen MR) is 64.2 cm³/mol. The normalized spacial score (nSPS) is 9.61. The Labute approximate surface area is 102 Å². The van der Waals surface area contributed by atoms with Gasteiger partial charge in [-0.25, -0.2) is 9.59 Å². The largest absolute Gasteiger partial charge is 0.477 e. The zero-order valence-corrected chi connectivity index (χ0v) is 9.48. The molecule has 0 saturated heterocycles. The highest BCUT2D eigenvalue weighted by Gasteiger charge is 2.15. The highest BCUT2D eigenvalue weighted by atomic mass is 16.5. The quantitative estimate of drug-likeness (QED) is 0.586. The molecule has 0 spiro atoms. The lowest BCUT2D eigenvalue weighted by atomic mass is 10.1. The number of methoxy groups -OCH3 is 1. The molecule has 0 fully saturated rings. The van der Waals surface area contributed by atoms with Gasteiger partial charge in [0.15, 0.2) is 0 Å². The fraction of sp³-hybridized carbons (Fsp3) is 0.0769. The van der Waals surface area contributed by atoms with Crippen molar-refractivity contribution in [2.24, 2.45) is 0 Å². The number of benzene rings is 1. The van der Waals surface area contributed by atoms with Gasteiger partial charge in [0.05, 0.1) is 12.7 Å². The van der Waals surface area contributed by atoms with Crippen molar-refractivity contribution in [3.05, 3.63) is 35.5 Å². The molecule has 2 N–H and O–H groups in total. The van der Waals surface area contributed by atoms with Gasteiger partial charge >= 0.3 is 11.9 Å². The zero-order chi connectivity index (χ0) is 13.1. The van der Waals surface area contributed by atoms with Crippen molar-refractivity contribution in [1.29, 1.82) is 0 Å². The molecule has 0 amide bonds. The predicted octanol–water partition coefficient (Wildman–Crippen LogP) is 1.39. The molecular weight excluding hydrogens is 234 g/mol. The molecule has 0 radical (unpaired) electrons. The van der Waals surface area contributed by atoms with Gasteiger partial charge in [-0.1, -0.05) is 24.1 Å². The minimum atomic E-state index is -1.12. The first-order chi connectivity index (χ1) is 8.63. The number of nitrogens with one attached hydrogen (secondary N) is 1. The lowest BCUT2D eigenvalue weighted by Gasteiger charge is -1.91. The zero-order valence-electron chi connectivity index (χ0n) is 9.48. The molecule has 5 nitrogen and oxygen atoms in total. The Hall–Kier alpha value is -2.74. The van der Waals surface area contributed by atoms with E-state index in [0.29, 0.717) is 10.9 Å². The number of aromatic nitrogens is 1. The van der Waals surface area contributed by atoms with Crippen LogP contribution in [0.15, 0.2) is 24.3 Å². The molecule has 1 aromatic heterocycles. The lowest BCUT2D eigenvalue weighted by Crippen LogP contribution is -2.00. The van der Waals surface area contributed by atoms with E-state index in [9.17, 15) is 9.59 Å². The Balaban J connectivity index is 2.65.